The van der Waals surface area contributed by atoms with Crippen LogP contribution in [0.1, 0.15) is 32.1 Å². The van der Waals surface area contributed by atoms with Crippen molar-refractivity contribution in [3.05, 3.63) is 34.8 Å². The van der Waals surface area contributed by atoms with Crippen molar-refractivity contribution in [2.75, 3.05) is 17.7 Å². The third-order valence-corrected chi connectivity index (χ3v) is 4.49. The highest BCUT2D eigenvalue weighted by Gasteiger charge is 2.14. The van der Waals surface area contributed by atoms with Crippen molar-refractivity contribution < 1.29 is 4.74 Å². The van der Waals surface area contributed by atoms with Crippen LogP contribution in [0.5, 0.6) is 5.88 Å². The van der Waals surface area contributed by atoms with Crippen molar-refractivity contribution in [2.24, 2.45) is 5.92 Å². The summed E-state index contributed by atoms with van der Waals surface area (Å²) in [7, 11) is 0. The molecule has 1 fully saturated rings. The van der Waals surface area contributed by atoms with E-state index < -0.39 is 0 Å². The molecule has 0 unspecified atom stereocenters. The summed E-state index contributed by atoms with van der Waals surface area (Å²) in [5.74, 6) is 2.00. The van der Waals surface area contributed by atoms with Gasteiger partial charge in [-0.2, -0.15) is 9.97 Å². The van der Waals surface area contributed by atoms with Gasteiger partial charge in [0.05, 0.1) is 6.61 Å². The Bertz CT molecular complexity index is 659. The number of benzene rings is 1. The number of rotatable bonds is 5. The van der Waals surface area contributed by atoms with Gasteiger partial charge in [0.2, 0.25) is 11.8 Å². The minimum Gasteiger partial charge on any atom is -0.477 e. The number of ether oxygens (including phenoxy) is 1. The van der Waals surface area contributed by atoms with E-state index in [0.717, 1.165) is 10.2 Å². The van der Waals surface area contributed by atoms with E-state index in [2.05, 4.69) is 31.2 Å². The average Bonchev–Trinajstić information content (AvgIpc) is 2.53. The summed E-state index contributed by atoms with van der Waals surface area (Å²) in [6, 6.07) is 9.48. The molecular weight excluding hydrogens is 356 g/mol. The van der Waals surface area contributed by atoms with Gasteiger partial charge in [-0.25, -0.2) is 0 Å². The van der Waals surface area contributed by atoms with Crippen LogP contribution < -0.4 is 15.8 Å². The Morgan fingerprint density at radius 3 is 2.78 bits per heavy atom. The predicted octanol–water partition coefficient (Wildman–Crippen LogP) is 4.52. The smallest absolute Gasteiger partial charge is 0.232 e. The first-order valence-electron chi connectivity index (χ1n) is 7.99. The van der Waals surface area contributed by atoms with Crippen molar-refractivity contribution in [1.82, 2.24) is 9.97 Å². The molecular formula is C17H21BrN4O. The lowest BCUT2D eigenvalue weighted by atomic mass is 9.90. The molecule has 1 saturated carbocycles. The molecule has 3 N–H and O–H groups in total. The quantitative estimate of drug-likeness (QED) is 0.801. The summed E-state index contributed by atoms with van der Waals surface area (Å²) in [6.07, 6.45) is 6.43. The van der Waals surface area contributed by atoms with Crippen molar-refractivity contribution in [3.63, 3.8) is 0 Å². The largest absolute Gasteiger partial charge is 0.477 e. The zero-order valence-electron chi connectivity index (χ0n) is 13.0. The molecule has 1 heterocycles. The van der Waals surface area contributed by atoms with Crippen molar-refractivity contribution in [2.45, 2.75) is 32.1 Å². The first-order valence-corrected chi connectivity index (χ1v) is 8.78. The van der Waals surface area contributed by atoms with Gasteiger partial charge in [0.1, 0.15) is 5.82 Å². The van der Waals surface area contributed by atoms with E-state index in [1.807, 2.05) is 24.3 Å². The lowest BCUT2D eigenvalue weighted by molar-refractivity contribution is 0.203. The monoisotopic (exact) mass is 376 g/mol. The Hall–Kier alpha value is -1.82. The van der Waals surface area contributed by atoms with Crippen molar-refractivity contribution in [3.8, 4) is 5.88 Å². The van der Waals surface area contributed by atoms with Crippen molar-refractivity contribution >= 4 is 33.4 Å². The molecule has 23 heavy (non-hydrogen) atoms. The van der Waals surface area contributed by atoms with Crippen LogP contribution in [0.3, 0.4) is 0 Å². The molecule has 0 saturated heterocycles. The lowest BCUT2D eigenvalue weighted by Crippen LogP contribution is -2.16. The standard InChI is InChI=1S/C17H21BrN4O/c18-13-7-4-8-14(9-13)20-17-21-15(19)10-16(22-17)23-11-12-5-2-1-3-6-12/h4,7-10,12H,1-3,5-6,11H2,(H3,19,20,21,22). The maximum absolute atomic E-state index is 5.87. The van der Waals surface area contributed by atoms with Gasteiger partial charge in [0.25, 0.3) is 0 Å². The third-order valence-electron chi connectivity index (χ3n) is 3.99. The summed E-state index contributed by atoms with van der Waals surface area (Å²) in [6.45, 7) is 0.701. The van der Waals surface area contributed by atoms with Crippen molar-refractivity contribution in [1.29, 1.82) is 0 Å². The first-order chi connectivity index (χ1) is 11.2. The van der Waals surface area contributed by atoms with Gasteiger partial charge in [-0.05, 0) is 37.0 Å². The Kier molecular flexibility index (Phi) is 5.33. The molecule has 0 spiro atoms. The highest BCUT2D eigenvalue weighted by atomic mass is 79.9. The molecule has 5 nitrogen and oxygen atoms in total. The second-order valence-electron chi connectivity index (χ2n) is 5.91. The van der Waals surface area contributed by atoms with E-state index in [-0.39, 0.29) is 0 Å². The first kappa shape index (κ1) is 16.1. The molecule has 122 valence electrons. The summed E-state index contributed by atoms with van der Waals surface area (Å²) >= 11 is 3.44. The molecule has 1 aliphatic rings. The number of halogens is 1. The zero-order valence-corrected chi connectivity index (χ0v) is 14.6. The topological polar surface area (TPSA) is 73.1 Å². The molecule has 0 aliphatic heterocycles. The molecule has 3 rings (SSSR count). The number of nitrogens with two attached hydrogens (primary N) is 1. The van der Waals surface area contributed by atoms with E-state index in [1.165, 1.54) is 32.1 Å². The molecule has 1 aromatic carbocycles. The number of anilines is 3. The Labute approximate surface area is 144 Å². The van der Waals surface area contributed by atoms with E-state index in [0.29, 0.717) is 30.2 Å². The third kappa shape index (κ3) is 4.82. The SMILES string of the molecule is Nc1cc(OCC2CCCCC2)nc(Nc2cccc(Br)c2)n1. The number of nitrogens with one attached hydrogen (secondary N) is 1. The van der Waals surface area contributed by atoms with Crippen LogP contribution >= 0.6 is 15.9 Å². The fraction of sp³-hybridized carbons (Fsp3) is 0.412. The molecule has 0 atom stereocenters. The highest BCUT2D eigenvalue weighted by Crippen LogP contribution is 2.25. The molecule has 0 amide bonds. The van der Waals surface area contributed by atoms with Crippen LogP contribution in [0.4, 0.5) is 17.5 Å². The van der Waals surface area contributed by atoms with Crippen LogP contribution in [0.15, 0.2) is 34.8 Å². The van der Waals surface area contributed by atoms with Crippen LogP contribution in [0.25, 0.3) is 0 Å². The van der Waals surface area contributed by atoms with Crippen LogP contribution in [-0.2, 0) is 0 Å². The number of nitrogens with zero attached hydrogens (tertiary/aromatic N) is 2. The van der Waals surface area contributed by atoms with Crippen LogP contribution in [-0.4, -0.2) is 16.6 Å². The van der Waals surface area contributed by atoms with E-state index >= 15 is 0 Å². The molecule has 0 bridgehead atoms. The minimum atomic E-state index is 0.399. The number of hydrogen-bond acceptors (Lipinski definition) is 5. The molecule has 2 aromatic rings. The fourth-order valence-corrected chi connectivity index (χ4v) is 3.22. The maximum atomic E-state index is 5.87. The number of aromatic nitrogens is 2. The van der Waals surface area contributed by atoms with Gasteiger partial charge in [-0.3, -0.25) is 0 Å². The normalized spacial score (nSPS) is 15.3. The summed E-state index contributed by atoms with van der Waals surface area (Å²) in [5, 5.41) is 3.15. The van der Waals surface area contributed by atoms with Gasteiger partial charge in [0.15, 0.2) is 0 Å². The van der Waals surface area contributed by atoms with E-state index in [4.69, 9.17) is 10.5 Å². The van der Waals surface area contributed by atoms with Gasteiger partial charge in [-0.1, -0.05) is 41.3 Å². The van der Waals surface area contributed by atoms with Gasteiger partial charge >= 0.3 is 0 Å². The minimum absolute atomic E-state index is 0.399. The Morgan fingerprint density at radius 2 is 2.00 bits per heavy atom. The number of hydrogen-bond donors (Lipinski definition) is 2. The van der Waals surface area contributed by atoms with Crippen LogP contribution in [0.2, 0.25) is 0 Å². The second kappa shape index (κ2) is 7.64. The maximum Gasteiger partial charge on any atom is 0.232 e. The second-order valence-corrected chi connectivity index (χ2v) is 6.82. The molecule has 1 aliphatic carbocycles. The molecule has 0 radical (unpaired) electrons. The van der Waals surface area contributed by atoms with E-state index in [9.17, 15) is 0 Å². The summed E-state index contributed by atoms with van der Waals surface area (Å²) in [4.78, 5) is 8.62. The molecule has 1 aromatic heterocycles. The highest BCUT2D eigenvalue weighted by molar-refractivity contribution is 9.10. The van der Waals surface area contributed by atoms with Gasteiger partial charge in [-0.15, -0.1) is 0 Å². The summed E-state index contributed by atoms with van der Waals surface area (Å²) in [5.41, 5.74) is 6.76. The zero-order chi connectivity index (χ0) is 16.1. The van der Waals surface area contributed by atoms with Gasteiger partial charge in [0, 0.05) is 16.2 Å². The fourth-order valence-electron chi connectivity index (χ4n) is 2.82. The Balaban J connectivity index is 1.66. The summed E-state index contributed by atoms with van der Waals surface area (Å²) < 4.78 is 6.83. The molecule has 6 heteroatoms. The van der Waals surface area contributed by atoms with Crippen LogP contribution in [0, 0.1) is 5.92 Å². The van der Waals surface area contributed by atoms with Gasteiger partial charge < -0.3 is 15.8 Å². The predicted molar refractivity (Wildman–Crippen MR) is 95.9 cm³/mol. The van der Waals surface area contributed by atoms with E-state index in [1.54, 1.807) is 6.07 Å². The lowest BCUT2D eigenvalue weighted by Gasteiger charge is -2.21. The Morgan fingerprint density at radius 1 is 1.17 bits per heavy atom. The number of nitrogen functional groups attached to an aromatic ring is 1. The average molecular weight is 377 g/mol.